The van der Waals surface area contributed by atoms with E-state index in [2.05, 4.69) is 53.4 Å². The highest BCUT2D eigenvalue weighted by Gasteiger charge is 2.29. The molecule has 0 saturated carbocycles. The van der Waals surface area contributed by atoms with Gasteiger partial charge in [0, 0.05) is 37.5 Å². The summed E-state index contributed by atoms with van der Waals surface area (Å²) in [6, 6.07) is 25.1. The minimum Gasteiger partial charge on any atom is -0.492 e. The second-order valence-corrected chi connectivity index (χ2v) is 13.1. The summed E-state index contributed by atoms with van der Waals surface area (Å²) in [5, 5.41) is 21.9. The third kappa shape index (κ3) is 7.35. The summed E-state index contributed by atoms with van der Waals surface area (Å²) in [5.41, 5.74) is 3.15. The second-order valence-electron chi connectivity index (χ2n) is 10.2. The van der Waals surface area contributed by atoms with E-state index < -0.39 is 6.10 Å². The fourth-order valence-electron chi connectivity index (χ4n) is 5.34. The molecule has 2 aliphatic rings. The van der Waals surface area contributed by atoms with Gasteiger partial charge in [-0.15, -0.1) is 0 Å². The SMILES string of the molecule is OCC1CC(O)CC(c2ccc(Cl)c(Cc3ccc(OCCN4CCP(c5ccccc5)CC4)cc3)c2)O1. The average Bonchev–Trinajstić information content (AvgIpc) is 2.95. The molecule has 0 bridgehead atoms. The number of aliphatic hydroxyl groups excluding tert-OH is 2. The number of rotatable bonds is 9. The molecule has 2 fully saturated rings. The summed E-state index contributed by atoms with van der Waals surface area (Å²) in [5.74, 6) is 0.886. The van der Waals surface area contributed by atoms with Crippen LogP contribution in [0.3, 0.4) is 0 Å². The predicted octanol–water partition coefficient (Wildman–Crippen LogP) is 5.01. The van der Waals surface area contributed by atoms with Gasteiger partial charge < -0.3 is 19.7 Å². The van der Waals surface area contributed by atoms with Gasteiger partial charge in [-0.2, -0.15) is 0 Å². The van der Waals surface area contributed by atoms with E-state index in [-0.39, 0.29) is 26.7 Å². The first kappa shape index (κ1) is 27.6. The summed E-state index contributed by atoms with van der Waals surface area (Å²) >= 11 is 6.53. The van der Waals surface area contributed by atoms with E-state index in [4.69, 9.17) is 21.1 Å². The van der Waals surface area contributed by atoms with E-state index in [9.17, 15) is 10.2 Å². The number of hydrogen-bond donors (Lipinski definition) is 2. The van der Waals surface area contributed by atoms with E-state index in [0.717, 1.165) is 42.1 Å². The molecule has 202 valence electrons. The Balaban J connectivity index is 1.10. The van der Waals surface area contributed by atoms with E-state index in [0.29, 0.717) is 30.9 Å². The lowest BCUT2D eigenvalue weighted by Crippen LogP contribution is -2.38. The maximum absolute atomic E-state index is 10.2. The largest absolute Gasteiger partial charge is 0.492 e. The fourth-order valence-corrected chi connectivity index (χ4v) is 7.90. The maximum atomic E-state index is 10.2. The van der Waals surface area contributed by atoms with Crippen molar-refractivity contribution in [1.82, 2.24) is 4.90 Å². The maximum Gasteiger partial charge on any atom is 0.119 e. The summed E-state index contributed by atoms with van der Waals surface area (Å²) in [7, 11) is -0.0109. The molecule has 2 aliphatic heterocycles. The average molecular weight is 554 g/mol. The van der Waals surface area contributed by atoms with Crippen molar-refractivity contribution in [2.75, 3.05) is 45.2 Å². The van der Waals surface area contributed by atoms with Crippen molar-refractivity contribution in [3.63, 3.8) is 0 Å². The summed E-state index contributed by atoms with van der Waals surface area (Å²) in [4.78, 5) is 2.52. The third-order valence-corrected chi connectivity index (χ3v) is 10.4. The van der Waals surface area contributed by atoms with Gasteiger partial charge in [0.05, 0.1) is 24.9 Å². The minimum absolute atomic E-state index is 0.0109. The molecule has 7 heteroatoms. The summed E-state index contributed by atoms with van der Waals surface area (Å²) < 4.78 is 12.0. The van der Waals surface area contributed by atoms with Gasteiger partial charge in [0.2, 0.25) is 0 Å². The van der Waals surface area contributed by atoms with Gasteiger partial charge in [-0.1, -0.05) is 74.1 Å². The zero-order valence-corrected chi connectivity index (χ0v) is 23.4. The summed E-state index contributed by atoms with van der Waals surface area (Å²) in [6.45, 7) is 3.86. The molecule has 5 nitrogen and oxygen atoms in total. The Labute approximate surface area is 232 Å². The molecular formula is C31H37ClNO4P. The normalized spacial score (nSPS) is 22.9. The molecule has 3 unspecified atom stereocenters. The molecule has 5 rings (SSSR count). The number of nitrogens with zero attached hydrogens (tertiary/aromatic N) is 1. The van der Waals surface area contributed by atoms with Crippen LogP contribution in [-0.2, 0) is 11.2 Å². The molecule has 0 radical (unpaired) electrons. The van der Waals surface area contributed by atoms with Crippen LogP contribution in [0.15, 0.2) is 72.8 Å². The van der Waals surface area contributed by atoms with Crippen LogP contribution in [-0.4, -0.2) is 72.5 Å². The smallest absolute Gasteiger partial charge is 0.119 e. The standard InChI is InChI=1S/C31H37ClNO4P/c32-30-11-8-24(31-21-26(35)20-28(22-34)37-31)19-25(30)18-23-6-9-27(10-7-23)36-15-12-33-13-16-38(17-14-33)29-4-2-1-3-5-29/h1-11,19,26,28,31,34-35H,12-18,20-22H2. The zero-order valence-electron chi connectivity index (χ0n) is 21.7. The highest BCUT2D eigenvalue weighted by molar-refractivity contribution is 7.65. The van der Waals surface area contributed by atoms with Crippen LogP contribution in [0.25, 0.3) is 0 Å². The summed E-state index contributed by atoms with van der Waals surface area (Å²) in [6.07, 6.45) is 3.18. The van der Waals surface area contributed by atoms with Crippen molar-refractivity contribution < 1.29 is 19.7 Å². The molecule has 0 amide bonds. The minimum atomic E-state index is -0.473. The highest BCUT2D eigenvalue weighted by Crippen LogP contribution is 2.37. The van der Waals surface area contributed by atoms with Crippen molar-refractivity contribution in [1.29, 1.82) is 0 Å². The van der Waals surface area contributed by atoms with Crippen LogP contribution in [0, 0.1) is 0 Å². The van der Waals surface area contributed by atoms with Crippen LogP contribution in [0.5, 0.6) is 5.75 Å². The first-order valence-corrected chi connectivity index (χ1v) is 15.6. The van der Waals surface area contributed by atoms with Crippen LogP contribution in [0.1, 0.15) is 35.6 Å². The van der Waals surface area contributed by atoms with Gasteiger partial charge in [-0.3, -0.25) is 4.90 Å². The Kier molecular flexibility index (Phi) is 9.72. The highest BCUT2D eigenvalue weighted by atomic mass is 35.5. The van der Waals surface area contributed by atoms with Gasteiger partial charge in [0.25, 0.3) is 0 Å². The molecule has 2 saturated heterocycles. The van der Waals surface area contributed by atoms with Gasteiger partial charge >= 0.3 is 0 Å². The van der Waals surface area contributed by atoms with Crippen LogP contribution in [0.2, 0.25) is 5.02 Å². The Morgan fingerprint density at radius 1 is 0.974 bits per heavy atom. The lowest BCUT2D eigenvalue weighted by Gasteiger charge is -2.32. The number of aliphatic hydroxyl groups is 2. The van der Waals surface area contributed by atoms with Crippen LogP contribution < -0.4 is 10.0 Å². The van der Waals surface area contributed by atoms with Crippen molar-refractivity contribution in [3.05, 3.63) is 94.5 Å². The van der Waals surface area contributed by atoms with E-state index in [1.54, 1.807) is 0 Å². The van der Waals surface area contributed by atoms with Crippen molar-refractivity contribution in [3.8, 4) is 5.75 Å². The number of benzene rings is 3. The Morgan fingerprint density at radius 2 is 1.74 bits per heavy atom. The quantitative estimate of drug-likeness (QED) is 0.365. The number of halogens is 1. The molecule has 0 aromatic heterocycles. The Morgan fingerprint density at radius 3 is 2.47 bits per heavy atom. The van der Waals surface area contributed by atoms with Crippen LogP contribution in [0.4, 0.5) is 0 Å². The molecule has 3 atom stereocenters. The van der Waals surface area contributed by atoms with Gasteiger partial charge in [0.1, 0.15) is 12.4 Å². The zero-order chi connectivity index (χ0) is 26.3. The topological polar surface area (TPSA) is 62.2 Å². The molecular weight excluding hydrogens is 517 g/mol. The monoisotopic (exact) mass is 553 g/mol. The first-order valence-electron chi connectivity index (χ1n) is 13.5. The second kappa shape index (κ2) is 13.4. The van der Waals surface area contributed by atoms with Gasteiger partial charge in [-0.05, 0) is 58.9 Å². The first-order chi connectivity index (χ1) is 18.6. The van der Waals surface area contributed by atoms with E-state index >= 15 is 0 Å². The van der Waals surface area contributed by atoms with E-state index in [1.165, 1.54) is 17.6 Å². The Bertz CT molecular complexity index is 1150. The fraction of sp³-hybridized carbons (Fsp3) is 0.419. The molecule has 2 heterocycles. The molecule has 3 aromatic carbocycles. The van der Waals surface area contributed by atoms with Gasteiger partial charge in [-0.25, -0.2) is 0 Å². The molecule has 38 heavy (non-hydrogen) atoms. The van der Waals surface area contributed by atoms with Crippen molar-refractivity contribution >= 4 is 24.8 Å². The van der Waals surface area contributed by atoms with Crippen molar-refractivity contribution in [2.24, 2.45) is 0 Å². The lowest BCUT2D eigenvalue weighted by atomic mass is 9.94. The number of hydrogen-bond acceptors (Lipinski definition) is 5. The molecule has 3 aromatic rings. The van der Waals surface area contributed by atoms with E-state index in [1.807, 2.05) is 24.3 Å². The number of ether oxygens (including phenoxy) is 2. The van der Waals surface area contributed by atoms with Gasteiger partial charge in [0.15, 0.2) is 0 Å². The van der Waals surface area contributed by atoms with Crippen molar-refractivity contribution in [2.45, 2.75) is 37.6 Å². The van der Waals surface area contributed by atoms with Crippen LogP contribution >= 0.6 is 19.5 Å². The molecule has 0 spiro atoms. The Hall–Kier alpha value is -1.98. The molecule has 2 N–H and O–H groups in total. The molecule has 0 aliphatic carbocycles. The lowest BCUT2D eigenvalue weighted by molar-refractivity contribution is -0.113. The predicted molar refractivity (Wildman–Crippen MR) is 155 cm³/mol. The third-order valence-electron chi connectivity index (χ3n) is 7.51.